The summed E-state index contributed by atoms with van der Waals surface area (Å²) in [5.41, 5.74) is 6.99. The molecule has 0 fully saturated rings. The van der Waals surface area contributed by atoms with Gasteiger partial charge in [-0.3, -0.25) is 0 Å². The smallest absolute Gasteiger partial charge is 0.131 e. The first-order chi connectivity index (χ1) is 9.08. The number of hydrogen-bond acceptors (Lipinski definition) is 2. The molecule has 0 amide bonds. The Morgan fingerprint density at radius 1 is 1.21 bits per heavy atom. The number of rotatable bonds is 4. The number of hydrogen-bond donors (Lipinski definition) is 1. The molecule has 0 saturated heterocycles. The summed E-state index contributed by atoms with van der Waals surface area (Å²) in [6.07, 6.45) is 0.856. The Balaban J connectivity index is 2.23. The molecule has 2 aromatic carbocycles. The van der Waals surface area contributed by atoms with Crippen molar-refractivity contribution in [1.82, 2.24) is 0 Å². The van der Waals surface area contributed by atoms with Crippen LogP contribution in [0.3, 0.4) is 0 Å². The maximum atomic E-state index is 13.3. The molecule has 100 valence electrons. The number of halogens is 2. The van der Waals surface area contributed by atoms with Gasteiger partial charge in [0.1, 0.15) is 17.3 Å². The highest BCUT2D eigenvalue weighted by Crippen LogP contribution is 2.27. The second-order valence-electron chi connectivity index (χ2n) is 4.29. The van der Waals surface area contributed by atoms with Crippen molar-refractivity contribution < 1.29 is 9.13 Å². The van der Waals surface area contributed by atoms with Crippen molar-refractivity contribution in [2.24, 2.45) is 5.73 Å². The Hall–Kier alpha value is -1.39. The molecule has 0 radical (unpaired) electrons. The van der Waals surface area contributed by atoms with Gasteiger partial charge in [-0.15, -0.1) is 0 Å². The van der Waals surface area contributed by atoms with Crippen molar-refractivity contribution >= 4 is 15.9 Å². The van der Waals surface area contributed by atoms with E-state index < -0.39 is 0 Å². The molecule has 1 unspecified atom stereocenters. The van der Waals surface area contributed by atoms with Gasteiger partial charge in [-0.1, -0.05) is 35.0 Å². The van der Waals surface area contributed by atoms with Crippen molar-refractivity contribution in [3.63, 3.8) is 0 Å². The van der Waals surface area contributed by atoms with Gasteiger partial charge in [0.25, 0.3) is 0 Å². The molecule has 2 N–H and O–H groups in total. The Labute approximate surface area is 120 Å². The fourth-order valence-electron chi connectivity index (χ4n) is 1.77. The van der Waals surface area contributed by atoms with Gasteiger partial charge in [-0.25, -0.2) is 4.39 Å². The van der Waals surface area contributed by atoms with Crippen LogP contribution < -0.4 is 10.5 Å². The third-order valence-corrected chi connectivity index (χ3v) is 3.26. The van der Waals surface area contributed by atoms with Gasteiger partial charge < -0.3 is 10.5 Å². The van der Waals surface area contributed by atoms with Gasteiger partial charge in [0, 0.05) is 16.6 Å². The highest BCUT2D eigenvalue weighted by atomic mass is 79.9. The molecule has 0 bridgehead atoms. The van der Waals surface area contributed by atoms with Gasteiger partial charge in [0.15, 0.2) is 0 Å². The van der Waals surface area contributed by atoms with E-state index in [-0.39, 0.29) is 11.9 Å². The number of ether oxygens (including phenoxy) is 1. The molecule has 19 heavy (non-hydrogen) atoms. The highest BCUT2D eigenvalue weighted by molar-refractivity contribution is 9.10. The van der Waals surface area contributed by atoms with Crippen LogP contribution in [0.15, 0.2) is 46.9 Å². The standard InChI is InChI=1S/C15H15BrFNO/c1-2-15(18)10-4-3-5-13(6-10)19-14-8-11(16)7-12(17)9-14/h3-9,15H,2,18H2,1H3. The van der Waals surface area contributed by atoms with E-state index in [1.54, 1.807) is 6.07 Å². The molecule has 0 aliphatic rings. The van der Waals surface area contributed by atoms with Crippen LogP contribution in [-0.4, -0.2) is 0 Å². The largest absolute Gasteiger partial charge is 0.457 e. The number of nitrogens with two attached hydrogens (primary N) is 1. The zero-order chi connectivity index (χ0) is 13.8. The molecular weight excluding hydrogens is 309 g/mol. The van der Waals surface area contributed by atoms with E-state index in [0.717, 1.165) is 12.0 Å². The van der Waals surface area contributed by atoms with Crippen molar-refractivity contribution in [2.45, 2.75) is 19.4 Å². The summed E-state index contributed by atoms with van der Waals surface area (Å²) >= 11 is 3.24. The summed E-state index contributed by atoms with van der Waals surface area (Å²) in [4.78, 5) is 0. The second kappa shape index (κ2) is 6.17. The third kappa shape index (κ3) is 3.78. The number of benzene rings is 2. The fourth-order valence-corrected chi connectivity index (χ4v) is 2.21. The van der Waals surface area contributed by atoms with Gasteiger partial charge in [-0.05, 0) is 36.2 Å². The van der Waals surface area contributed by atoms with E-state index in [2.05, 4.69) is 15.9 Å². The molecule has 2 rings (SSSR count). The van der Waals surface area contributed by atoms with Crippen LogP contribution in [0.25, 0.3) is 0 Å². The summed E-state index contributed by atoms with van der Waals surface area (Å²) < 4.78 is 19.6. The summed E-state index contributed by atoms with van der Waals surface area (Å²) in [6.45, 7) is 2.03. The maximum Gasteiger partial charge on any atom is 0.131 e. The van der Waals surface area contributed by atoms with E-state index in [1.165, 1.54) is 12.1 Å². The van der Waals surface area contributed by atoms with Crippen molar-refractivity contribution in [3.8, 4) is 11.5 Å². The Morgan fingerprint density at radius 2 is 2.00 bits per heavy atom. The van der Waals surface area contributed by atoms with Crippen LogP contribution in [-0.2, 0) is 0 Å². The van der Waals surface area contributed by atoms with Crippen LogP contribution in [0.5, 0.6) is 11.5 Å². The quantitative estimate of drug-likeness (QED) is 0.877. The monoisotopic (exact) mass is 323 g/mol. The average Bonchev–Trinajstić information content (AvgIpc) is 2.37. The van der Waals surface area contributed by atoms with Crippen molar-refractivity contribution in [3.05, 3.63) is 58.3 Å². The predicted octanol–water partition coefficient (Wildman–Crippen LogP) is 4.79. The van der Waals surface area contributed by atoms with E-state index in [9.17, 15) is 4.39 Å². The summed E-state index contributed by atoms with van der Waals surface area (Å²) in [6, 6.07) is 12.0. The Bertz CT molecular complexity index is 554. The molecule has 2 aromatic rings. The molecule has 1 atom stereocenters. The minimum Gasteiger partial charge on any atom is -0.457 e. The average molecular weight is 324 g/mol. The summed E-state index contributed by atoms with van der Waals surface area (Å²) in [5.74, 6) is 0.763. The molecular formula is C15H15BrFNO. The van der Waals surface area contributed by atoms with Gasteiger partial charge in [0.05, 0.1) is 0 Å². The van der Waals surface area contributed by atoms with E-state index in [4.69, 9.17) is 10.5 Å². The third-order valence-electron chi connectivity index (χ3n) is 2.80. The lowest BCUT2D eigenvalue weighted by Crippen LogP contribution is -2.08. The summed E-state index contributed by atoms with van der Waals surface area (Å²) in [5, 5.41) is 0. The lowest BCUT2D eigenvalue weighted by molar-refractivity contribution is 0.474. The molecule has 0 heterocycles. The van der Waals surface area contributed by atoms with Crippen LogP contribution in [0.2, 0.25) is 0 Å². The Kier molecular flexibility index (Phi) is 4.56. The van der Waals surface area contributed by atoms with Crippen molar-refractivity contribution in [1.29, 1.82) is 0 Å². The SMILES string of the molecule is CCC(N)c1cccc(Oc2cc(F)cc(Br)c2)c1. The van der Waals surface area contributed by atoms with Gasteiger partial charge in [-0.2, -0.15) is 0 Å². The molecule has 0 saturated carbocycles. The zero-order valence-electron chi connectivity index (χ0n) is 10.6. The highest BCUT2D eigenvalue weighted by Gasteiger charge is 2.06. The summed E-state index contributed by atoms with van der Waals surface area (Å²) in [7, 11) is 0. The molecule has 0 aromatic heterocycles. The normalized spacial score (nSPS) is 12.2. The topological polar surface area (TPSA) is 35.2 Å². The molecule has 2 nitrogen and oxygen atoms in total. The fraction of sp³-hybridized carbons (Fsp3) is 0.200. The zero-order valence-corrected chi connectivity index (χ0v) is 12.2. The first-order valence-electron chi connectivity index (χ1n) is 6.08. The van der Waals surface area contributed by atoms with Crippen LogP contribution >= 0.6 is 15.9 Å². The molecule has 0 spiro atoms. The van der Waals surface area contributed by atoms with E-state index in [1.807, 2.05) is 31.2 Å². The first-order valence-corrected chi connectivity index (χ1v) is 6.87. The molecule has 0 aliphatic heterocycles. The molecule has 4 heteroatoms. The second-order valence-corrected chi connectivity index (χ2v) is 5.21. The van der Waals surface area contributed by atoms with Crippen LogP contribution in [0.1, 0.15) is 24.9 Å². The lowest BCUT2D eigenvalue weighted by Gasteiger charge is -2.12. The van der Waals surface area contributed by atoms with Crippen LogP contribution in [0.4, 0.5) is 4.39 Å². The maximum absolute atomic E-state index is 13.3. The predicted molar refractivity (Wildman–Crippen MR) is 77.8 cm³/mol. The minimum absolute atomic E-state index is 0.0113. The Morgan fingerprint density at radius 3 is 2.68 bits per heavy atom. The van der Waals surface area contributed by atoms with Crippen molar-refractivity contribution in [2.75, 3.05) is 0 Å². The van der Waals surface area contributed by atoms with Gasteiger partial charge in [0.2, 0.25) is 0 Å². The first kappa shape index (κ1) is 14.0. The lowest BCUT2D eigenvalue weighted by atomic mass is 10.1. The minimum atomic E-state index is -0.342. The van der Waals surface area contributed by atoms with Crippen LogP contribution in [0, 0.1) is 5.82 Å². The van der Waals surface area contributed by atoms with E-state index >= 15 is 0 Å². The molecule has 0 aliphatic carbocycles. The van der Waals surface area contributed by atoms with Gasteiger partial charge >= 0.3 is 0 Å². The van der Waals surface area contributed by atoms with E-state index in [0.29, 0.717) is 16.0 Å².